The number of aryl methyl sites for hydroxylation is 2. The van der Waals surface area contributed by atoms with Crippen LogP contribution in [0.2, 0.25) is 0 Å². The predicted molar refractivity (Wildman–Crippen MR) is 58.0 cm³/mol. The minimum absolute atomic E-state index is 0.790. The summed E-state index contributed by atoms with van der Waals surface area (Å²) >= 11 is 0. The molecule has 1 heterocycles. The van der Waals surface area contributed by atoms with Crippen molar-refractivity contribution in [1.82, 2.24) is 5.16 Å². The van der Waals surface area contributed by atoms with Crippen LogP contribution in [-0.2, 0) is 0 Å². The Hall–Kier alpha value is -1.77. The van der Waals surface area contributed by atoms with Crippen molar-refractivity contribution in [3.05, 3.63) is 35.5 Å². The number of hydrogen-bond donors (Lipinski definition) is 0. The summed E-state index contributed by atoms with van der Waals surface area (Å²) in [5.74, 6) is 1.67. The first-order valence-corrected chi connectivity index (χ1v) is 4.79. The van der Waals surface area contributed by atoms with Crippen molar-refractivity contribution in [3.63, 3.8) is 0 Å². The maximum atomic E-state index is 5.19. The van der Waals surface area contributed by atoms with E-state index in [1.54, 1.807) is 7.11 Å². The molecular formula is C12H13NO2. The number of methoxy groups -OCH3 is 1. The molecule has 0 aliphatic heterocycles. The van der Waals surface area contributed by atoms with E-state index in [1.807, 2.05) is 38.1 Å². The molecule has 0 radical (unpaired) electrons. The average Bonchev–Trinajstić information content (AvgIpc) is 2.65. The number of aromatic nitrogens is 1. The van der Waals surface area contributed by atoms with E-state index >= 15 is 0 Å². The van der Waals surface area contributed by atoms with Crippen LogP contribution in [0.25, 0.3) is 11.3 Å². The molecule has 0 saturated carbocycles. The standard InChI is InChI=1S/C12H13NO2/c1-8-6-10(4-5-11(8)14-3)12-7-9(2)13-15-12/h4-7H,1-3H3. The minimum Gasteiger partial charge on any atom is -0.496 e. The van der Waals surface area contributed by atoms with E-state index in [0.717, 1.165) is 28.3 Å². The number of nitrogens with zero attached hydrogens (tertiary/aromatic N) is 1. The minimum atomic E-state index is 0.790. The summed E-state index contributed by atoms with van der Waals surface area (Å²) in [5.41, 5.74) is 3.00. The molecule has 0 spiro atoms. The van der Waals surface area contributed by atoms with Gasteiger partial charge in [0, 0.05) is 11.6 Å². The van der Waals surface area contributed by atoms with Crippen LogP contribution in [0.1, 0.15) is 11.3 Å². The zero-order valence-electron chi connectivity index (χ0n) is 9.07. The van der Waals surface area contributed by atoms with Gasteiger partial charge in [-0.1, -0.05) is 5.16 Å². The summed E-state index contributed by atoms with van der Waals surface area (Å²) < 4.78 is 10.4. The lowest BCUT2D eigenvalue weighted by Crippen LogP contribution is -1.86. The van der Waals surface area contributed by atoms with Gasteiger partial charge >= 0.3 is 0 Å². The lowest BCUT2D eigenvalue weighted by atomic mass is 10.1. The third-order valence-electron chi connectivity index (χ3n) is 2.31. The van der Waals surface area contributed by atoms with Crippen molar-refractivity contribution in [1.29, 1.82) is 0 Å². The van der Waals surface area contributed by atoms with Crippen molar-refractivity contribution in [2.24, 2.45) is 0 Å². The van der Waals surface area contributed by atoms with Gasteiger partial charge in [0.25, 0.3) is 0 Å². The van der Waals surface area contributed by atoms with E-state index in [1.165, 1.54) is 0 Å². The third kappa shape index (κ3) is 1.86. The topological polar surface area (TPSA) is 35.3 Å². The monoisotopic (exact) mass is 203 g/mol. The molecule has 3 nitrogen and oxygen atoms in total. The maximum absolute atomic E-state index is 5.19. The summed E-state index contributed by atoms with van der Waals surface area (Å²) in [6, 6.07) is 7.84. The van der Waals surface area contributed by atoms with Crippen LogP contribution >= 0.6 is 0 Å². The second kappa shape index (κ2) is 3.77. The zero-order chi connectivity index (χ0) is 10.8. The Morgan fingerprint density at radius 1 is 1.20 bits per heavy atom. The van der Waals surface area contributed by atoms with E-state index in [0.29, 0.717) is 0 Å². The normalized spacial score (nSPS) is 10.3. The van der Waals surface area contributed by atoms with Crippen molar-refractivity contribution < 1.29 is 9.26 Å². The van der Waals surface area contributed by atoms with E-state index in [9.17, 15) is 0 Å². The molecule has 0 atom stereocenters. The van der Waals surface area contributed by atoms with Gasteiger partial charge in [-0.25, -0.2) is 0 Å². The van der Waals surface area contributed by atoms with Gasteiger partial charge in [-0.2, -0.15) is 0 Å². The number of ether oxygens (including phenoxy) is 1. The molecule has 2 aromatic rings. The Labute approximate surface area is 88.7 Å². The van der Waals surface area contributed by atoms with Crippen molar-refractivity contribution in [3.8, 4) is 17.1 Å². The molecule has 0 amide bonds. The highest BCUT2D eigenvalue weighted by molar-refractivity contribution is 5.60. The fraction of sp³-hybridized carbons (Fsp3) is 0.250. The van der Waals surface area contributed by atoms with Crippen molar-refractivity contribution in [2.45, 2.75) is 13.8 Å². The van der Waals surface area contributed by atoms with E-state index in [-0.39, 0.29) is 0 Å². The highest BCUT2D eigenvalue weighted by Crippen LogP contribution is 2.26. The van der Waals surface area contributed by atoms with E-state index in [2.05, 4.69) is 5.16 Å². The number of benzene rings is 1. The largest absolute Gasteiger partial charge is 0.496 e. The summed E-state index contributed by atoms with van der Waals surface area (Å²) in [6.07, 6.45) is 0. The first kappa shape index (κ1) is 9.77. The Balaban J connectivity index is 2.42. The molecule has 0 fully saturated rings. The molecule has 2 rings (SSSR count). The average molecular weight is 203 g/mol. The fourth-order valence-electron chi connectivity index (χ4n) is 1.53. The summed E-state index contributed by atoms with van der Waals surface area (Å²) in [6.45, 7) is 3.91. The molecule has 78 valence electrons. The van der Waals surface area contributed by atoms with Crippen LogP contribution in [-0.4, -0.2) is 12.3 Å². The first-order chi connectivity index (χ1) is 7.20. The SMILES string of the molecule is COc1ccc(-c2cc(C)no2)cc1C. The Morgan fingerprint density at radius 2 is 2.00 bits per heavy atom. The summed E-state index contributed by atoms with van der Waals surface area (Å²) in [4.78, 5) is 0. The van der Waals surface area contributed by atoms with Gasteiger partial charge < -0.3 is 9.26 Å². The highest BCUT2D eigenvalue weighted by Gasteiger charge is 2.06. The van der Waals surface area contributed by atoms with E-state index in [4.69, 9.17) is 9.26 Å². The van der Waals surface area contributed by atoms with Gasteiger partial charge in [0.2, 0.25) is 0 Å². The predicted octanol–water partition coefficient (Wildman–Crippen LogP) is 2.97. The van der Waals surface area contributed by atoms with Crippen LogP contribution in [0.5, 0.6) is 5.75 Å². The Kier molecular flexibility index (Phi) is 2.46. The molecule has 0 aliphatic rings. The molecule has 3 heteroatoms. The Morgan fingerprint density at radius 3 is 2.53 bits per heavy atom. The van der Waals surface area contributed by atoms with Gasteiger partial charge in [-0.05, 0) is 37.6 Å². The van der Waals surface area contributed by atoms with Gasteiger partial charge in [0.1, 0.15) is 5.75 Å². The van der Waals surface area contributed by atoms with E-state index < -0.39 is 0 Å². The first-order valence-electron chi connectivity index (χ1n) is 4.79. The van der Waals surface area contributed by atoms with Crippen molar-refractivity contribution >= 4 is 0 Å². The lowest BCUT2D eigenvalue weighted by molar-refractivity contribution is 0.411. The van der Waals surface area contributed by atoms with Gasteiger partial charge in [0.15, 0.2) is 5.76 Å². The molecular weight excluding hydrogens is 190 g/mol. The zero-order valence-corrected chi connectivity index (χ0v) is 9.07. The smallest absolute Gasteiger partial charge is 0.167 e. The van der Waals surface area contributed by atoms with Crippen LogP contribution in [0, 0.1) is 13.8 Å². The second-order valence-corrected chi connectivity index (χ2v) is 3.52. The summed E-state index contributed by atoms with van der Waals surface area (Å²) in [7, 11) is 1.67. The lowest BCUT2D eigenvalue weighted by Gasteiger charge is -2.04. The summed E-state index contributed by atoms with van der Waals surface area (Å²) in [5, 5.41) is 3.86. The molecule has 0 aliphatic carbocycles. The quantitative estimate of drug-likeness (QED) is 0.752. The number of rotatable bonds is 2. The molecule has 0 bridgehead atoms. The maximum Gasteiger partial charge on any atom is 0.167 e. The second-order valence-electron chi connectivity index (χ2n) is 3.52. The van der Waals surface area contributed by atoms with Gasteiger partial charge in [-0.15, -0.1) is 0 Å². The molecule has 15 heavy (non-hydrogen) atoms. The van der Waals surface area contributed by atoms with Crippen LogP contribution in [0.3, 0.4) is 0 Å². The third-order valence-corrected chi connectivity index (χ3v) is 2.31. The Bertz CT molecular complexity index is 474. The van der Waals surface area contributed by atoms with Gasteiger partial charge in [-0.3, -0.25) is 0 Å². The number of hydrogen-bond acceptors (Lipinski definition) is 3. The molecule has 1 aromatic heterocycles. The van der Waals surface area contributed by atoms with Gasteiger partial charge in [0.05, 0.1) is 12.8 Å². The molecule has 0 saturated heterocycles. The molecule has 1 aromatic carbocycles. The molecule has 0 N–H and O–H groups in total. The van der Waals surface area contributed by atoms with Crippen molar-refractivity contribution in [2.75, 3.05) is 7.11 Å². The van der Waals surface area contributed by atoms with Crippen LogP contribution < -0.4 is 4.74 Å². The molecule has 0 unspecified atom stereocenters. The van der Waals surface area contributed by atoms with Crippen LogP contribution in [0.4, 0.5) is 0 Å². The van der Waals surface area contributed by atoms with Crippen LogP contribution in [0.15, 0.2) is 28.8 Å². The highest BCUT2D eigenvalue weighted by atomic mass is 16.5. The fourth-order valence-corrected chi connectivity index (χ4v) is 1.53.